The molecule has 2 aromatic rings. The van der Waals surface area contributed by atoms with Crippen LogP contribution in [0.5, 0.6) is 5.75 Å². The fourth-order valence-electron chi connectivity index (χ4n) is 3.61. The van der Waals surface area contributed by atoms with Gasteiger partial charge >= 0.3 is 6.03 Å². The first-order valence-corrected chi connectivity index (χ1v) is 10.2. The van der Waals surface area contributed by atoms with Gasteiger partial charge in [0.15, 0.2) is 0 Å². The number of rotatable bonds is 7. The maximum absolute atomic E-state index is 13.0. The molecule has 1 aliphatic heterocycles. The Bertz CT molecular complexity index is 849. The highest BCUT2D eigenvalue weighted by atomic mass is 19.1. The fourth-order valence-corrected chi connectivity index (χ4v) is 3.61. The number of halogens is 1. The summed E-state index contributed by atoms with van der Waals surface area (Å²) in [5.74, 6) is 0.899. The SMILES string of the molecule is COc1cccc(CC(=O)NCCC2CCN(C(=O)Nc3ccc(F)cc3)CC2)c1. The van der Waals surface area contributed by atoms with E-state index in [1.54, 1.807) is 24.1 Å². The van der Waals surface area contributed by atoms with Crippen molar-refractivity contribution in [3.63, 3.8) is 0 Å². The number of anilines is 1. The van der Waals surface area contributed by atoms with Crippen LogP contribution in [-0.4, -0.2) is 43.6 Å². The third-order valence-electron chi connectivity index (χ3n) is 5.37. The van der Waals surface area contributed by atoms with Crippen molar-refractivity contribution >= 4 is 17.6 Å². The number of piperidine rings is 1. The number of nitrogens with zero attached hydrogens (tertiary/aromatic N) is 1. The second-order valence-electron chi connectivity index (χ2n) is 7.53. The van der Waals surface area contributed by atoms with Crippen molar-refractivity contribution in [1.29, 1.82) is 0 Å². The van der Waals surface area contributed by atoms with Crippen LogP contribution in [0.3, 0.4) is 0 Å². The molecule has 3 amide bonds. The van der Waals surface area contributed by atoms with Gasteiger partial charge in [0.2, 0.25) is 5.91 Å². The first-order valence-electron chi connectivity index (χ1n) is 10.2. The first kappa shape index (κ1) is 21.6. The molecule has 2 aromatic carbocycles. The lowest BCUT2D eigenvalue weighted by Gasteiger charge is -2.32. The van der Waals surface area contributed by atoms with Crippen LogP contribution in [0, 0.1) is 11.7 Å². The normalized spacial score (nSPS) is 14.3. The number of amides is 3. The minimum absolute atomic E-state index is 0.000588. The predicted molar refractivity (Wildman–Crippen MR) is 114 cm³/mol. The fraction of sp³-hybridized carbons (Fsp3) is 0.391. The Morgan fingerprint density at radius 1 is 1.13 bits per heavy atom. The van der Waals surface area contributed by atoms with Crippen LogP contribution >= 0.6 is 0 Å². The summed E-state index contributed by atoms with van der Waals surface area (Å²) in [6, 6.07) is 13.1. The van der Waals surface area contributed by atoms with Gasteiger partial charge in [0.1, 0.15) is 11.6 Å². The Morgan fingerprint density at radius 2 is 1.87 bits per heavy atom. The molecular weight excluding hydrogens is 385 g/mol. The van der Waals surface area contributed by atoms with Gasteiger partial charge in [0.25, 0.3) is 0 Å². The molecule has 3 rings (SSSR count). The number of likely N-dealkylation sites (tertiary alicyclic amines) is 1. The molecule has 0 spiro atoms. The summed E-state index contributed by atoms with van der Waals surface area (Å²) in [4.78, 5) is 26.3. The van der Waals surface area contributed by atoms with E-state index in [1.165, 1.54) is 12.1 Å². The molecule has 30 heavy (non-hydrogen) atoms. The molecule has 1 saturated heterocycles. The highest BCUT2D eigenvalue weighted by Crippen LogP contribution is 2.21. The third kappa shape index (κ3) is 6.47. The second-order valence-corrected chi connectivity index (χ2v) is 7.53. The molecule has 1 fully saturated rings. The zero-order valence-electron chi connectivity index (χ0n) is 17.2. The number of benzene rings is 2. The molecule has 0 atom stereocenters. The van der Waals surface area contributed by atoms with Crippen LogP contribution in [0.1, 0.15) is 24.8 Å². The van der Waals surface area contributed by atoms with Gasteiger partial charge in [-0.1, -0.05) is 12.1 Å². The number of urea groups is 1. The Balaban J connectivity index is 1.34. The zero-order valence-corrected chi connectivity index (χ0v) is 17.2. The summed E-state index contributed by atoms with van der Waals surface area (Å²) in [7, 11) is 1.61. The van der Waals surface area contributed by atoms with Gasteiger partial charge in [0.05, 0.1) is 13.5 Å². The number of methoxy groups -OCH3 is 1. The molecule has 6 nitrogen and oxygen atoms in total. The Morgan fingerprint density at radius 3 is 2.57 bits per heavy atom. The molecule has 0 saturated carbocycles. The van der Waals surface area contributed by atoms with Crippen LogP contribution in [0.2, 0.25) is 0 Å². The summed E-state index contributed by atoms with van der Waals surface area (Å²) in [5, 5.41) is 5.78. The van der Waals surface area contributed by atoms with Crippen molar-refractivity contribution < 1.29 is 18.7 Å². The molecule has 2 N–H and O–H groups in total. The third-order valence-corrected chi connectivity index (χ3v) is 5.37. The molecule has 0 aliphatic carbocycles. The van der Waals surface area contributed by atoms with Gasteiger partial charge in [-0.25, -0.2) is 9.18 Å². The van der Waals surface area contributed by atoms with E-state index in [0.717, 1.165) is 30.6 Å². The summed E-state index contributed by atoms with van der Waals surface area (Å²) in [6.07, 6.45) is 3.04. The van der Waals surface area contributed by atoms with Crippen LogP contribution in [-0.2, 0) is 11.2 Å². The summed E-state index contributed by atoms with van der Waals surface area (Å²) >= 11 is 0. The standard InChI is InChI=1S/C23H28FN3O3/c1-30-21-4-2-3-18(15-21)16-22(28)25-12-9-17-10-13-27(14-11-17)23(29)26-20-7-5-19(24)6-8-20/h2-8,15,17H,9-14,16H2,1H3,(H,25,28)(H,26,29). The van der Waals surface area contributed by atoms with E-state index < -0.39 is 0 Å². The Kier molecular flexibility index (Phi) is 7.65. The quantitative estimate of drug-likeness (QED) is 0.725. The van der Waals surface area contributed by atoms with Gasteiger partial charge < -0.3 is 20.3 Å². The lowest BCUT2D eigenvalue weighted by molar-refractivity contribution is -0.120. The smallest absolute Gasteiger partial charge is 0.321 e. The molecule has 0 radical (unpaired) electrons. The van der Waals surface area contributed by atoms with E-state index in [9.17, 15) is 14.0 Å². The molecule has 7 heteroatoms. The minimum Gasteiger partial charge on any atom is -0.497 e. The molecule has 1 heterocycles. The largest absolute Gasteiger partial charge is 0.497 e. The predicted octanol–water partition coefficient (Wildman–Crippen LogP) is 3.83. The number of nitrogens with one attached hydrogen (secondary N) is 2. The van der Waals surface area contributed by atoms with Crippen LogP contribution in [0.4, 0.5) is 14.9 Å². The van der Waals surface area contributed by atoms with E-state index in [0.29, 0.717) is 37.7 Å². The van der Waals surface area contributed by atoms with E-state index in [1.807, 2.05) is 24.3 Å². The Hall–Kier alpha value is -3.09. The molecule has 0 bridgehead atoms. The van der Waals surface area contributed by atoms with Gasteiger partial charge in [-0.3, -0.25) is 4.79 Å². The lowest BCUT2D eigenvalue weighted by Crippen LogP contribution is -2.41. The van der Waals surface area contributed by atoms with E-state index in [4.69, 9.17) is 4.74 Å². The van der Waals surface area contributed by atoms with Crippen molar-refractivity contribution in [3.8, 4) is 5.75 Å². The molecule has 160 valence electrons. The van der Waals surface area contributed by atoms with Crippen molar-refractivity contribution in [2.75, 3.05) is 32.1 Å². The number of hydrogen-bond acceptors (Lipinski definition) is 3. The van der Waals surface area contributed by atoms with Crippen LogP contribution in [0.15, 0.2) is 48.5 Å². The highest BCUT2D eigenvalue weighted by Gasteiger charge is 2.22. The Labute approximate surface area is 176 Å². The summed E-state index contributed by atoms with van der Waals surface area (Å²) in [6.45, 7) is 1.99. The van der Waals surface area contributed by atoms with E-state index >= 15 is 0 Å². The molecule has 1 aliphatic rings. The zero-order chi connectivity index (χ0) is 21.3. The van der Waals surface area contributed by atoms with E-state index in [2.05, 4.69) is 10.6 Å². The average Bonchev–Trinajstić information content (AvgIpc) is 2.76. The number of ether oxygens (including phenoxy) is 1. The average molecular weight is 413 g/mol. The summed E-state index contributed by atoms with van der Waals surface area (Å²) in [5.41, 5.74) is 1.51. The first-order chi connectivity index (χ1) is 14.5. The molecular formula is C23H28FN3O3. The number of hydrogen-bond donors (Lipinski definition) is 2. The van der Waals surface area contributed by atoms with Gasteiger partial charge in [0, 0.05) is 25.3 Å². The van der Waals surface area contributed by atoms with Crippen molar-refractivity contribution in [2.24, 2.45) is 5.92 Å². The molecule has 0 aromatic heterocycles. The van der Waals surface area contributed by atoms with Crippen molar-refractivity contribution in [3.05, 3.63) is 59.9 Å². The monoisotopic (exact) mass is 413 g/mol. The topological polar surface area (TPSA) is 70.7 Å². The minimum atomic E-state index is -0.329. The van der Waals surface area contributed by atoms with Crippen molar-refractivity contribution in [1.82, 2.24) is 10.2 Å². The number of carbonyl (C=O) groups is 2. The van der Waals surface area contributed by atoms with Crippen LogP contribution in [0.25, 0.3) is 0 Å². The lowest BCUT2D eigenvalue weighted by atomic mass is 9.93. The van der Waals surface area contributed by atoms with E-state index in [-0.39, 0.29) is 17.8 Å². The maximum Gasteiger partial charge on any atom is 0.321 e. The van der Waals surface area contributed by atoms with Gasteiger partial charge in [-0.15, -0.1) is 0 Å². The highest BCUT2D eigenvalue weighted by molar-refractivity contribution is 5.89. The second kappa shape index (κ2) is 10.6. The van der Waals surface area contributed by atoms with Crippen LogP contribution < -0.4 is 15.4 Å². The maximum atomic E-state index is 13.0. The summed E-state index contributed by atoms with van der Waals surface area (Å²) < 4.78 is 18.1. The number of carbonyl (C=O) groups excluding carboxylic acids is 2. The molecule has 0 unspecified atom stereocenters. The van der Waals surface area contributed by atoms with Crippen molar-refractivity contribution in [2.45, 2.75) is 25.7 Å². The van der Waals surface area contributed by atoms with Gasteiger partial charge in [-0.2, -0.15) is 0 Å². The van der Waals surface area contributed by atoms with Gasteiger partial charge in [-0.05, 0) is 67.1 Å².